The molecule has 2 aromatic heterocycles. The SMILES string of the molecule is c1ccc(N(c2ccc(N3CCOCC3)cc2)c2cc(-c3ncn(-c4ccccc4)n3)ccn2)cc1. The minimum atomic E-state index is 0.651. The van der Waals surface area contributed by atoms with Gasteiger partial charge in [-0.05, 0) is 60.7 Å². The third-order valence-electron chi connectivity index (χ3n) is 6.24. The van der Waals surface area contributed by atoms with E-state index in [0.29, 0.717) is 5.82 Å². The van der Waals surface area contributed by atoms with E-state index in [0.717, 1.165) is 54.7 Å². The number of ether oxygens (including phenoxy) is 1. The second kappa shape index (κ2) is 10.0. The van der Waals surface area contributed by atoms with Gasteiger partial charge in [0.1, 0.15) is 12.1 Å². The van der Waals surface area contributed by atoms with Crippen molar-refractivity contribution in [3.63, 3.8) is 0 Å². The van der Waals surface area contributed by atoms with Crippen LogP contribution in [-0.2, 0) is 4.74 Å². The second-order valence-corrected chi connectivity index (χ2v) is 8.54. The Balaban J connectivity index is 1.35. The molecule has 0 bridgehead atoms. The fourth-order valence-electron chi connectivity index (χ4n) is 4.40. The zero-order valence-corrected chi connectivity index (χ0v) is 19.8. The van der Waals surface area contributed by atoms with Crippen LogP contribution >= 0.6 is 0 Å². The zero-order valence-electron chi connectivity index (χ0n) is 19.8. The number of hydrogen-bond donors (Lipinski definition) is 0. The van der Waals surface area contributed by atoms with Crippen LogP contribution in [0.25, 0.3) is 17.1 Å². The lowest BCUT2D eigenvalue weighted by molar-refractivity contribution is 0.122. The van der Waals surface area contributed by atoms with Crippen LogP contribution in [0.5, 0.6) is 0 Å². The van der Waals surface area contributed by atoms with Gasteiger partial charge in [0.25, 0.3) is 0 Å². The first-order valence-corrected chi connectivity index (χ1v) is 12.1. The molecule has 0 unspecified atom stereocenters. The number of morpholine rings is 1. The summed E-state index contributed by atoms with van der Waals surface area (Å²) in [5, 5.41) is 4.70. The van der Waals surface area contributed by atoms with Crippen molar-refractivity contribution in [2.24, 2.45) is 0 Å². The minimum absolute atomic E-state index is 0.651. The summed E-state index contributed by atoms with van der Waals surface area (Å²) in [6, 6.07) is 32.9. The molecule has 5 aromatic rings. The number of anilines is 4. The van der Waals surface area contributed by atoms with Gasteiger partial charge in [0.15, 0.2) is 5.82 Å². The van der Waals surface area contributed by atoms with Crippen LogP contribution in [0.1, 0.15) is 0 Å². The molecule has 0 atom stereocenters. The van der Waals surface area contributed by atoms with Gasteiger partial charge >= 0.3 is 0 Å². The molecule has 1 fully saturated rings. The first-order valence-electron chi connectivity index (χ1n) is 12.1. The summed E-state index contributed by atoms with van der Waals surface area (Å²) in [6.45, 7) is 3.35. The molecule has 3 heterocycles. The van der Waals surface area contributed by atoms with Crippen LogP contribution in [0.4, 0.5) is 22.9 Å². The van der Waals surface area contributed by atoms with Crippen molar-refractivity contribution in [1.29, 1.82) is 0 Å². The highest BCUT2D eigenvalue weighted by molar-refractivity contribution is 5.77. The van der Waals surface area contributed by atoms with Gasteiger partial charge in [0.2, 0.25) is 0 Å². The van der Waals surface area contributed by atoms with Gasteiger partial charge in [-0.3, -0.25) is 4.90 Å². The van der Waals surface area contributed by atoms with Gasteiger partial charge in [0.05, 0.1) is 18.9 Å². The Morgan fingerprint density at radius 1 is 0.694 bits per heavy atom. The monoisotopic (exact) mass is 474 g/mol. The van der Waals surface area contributed by atoms with Crippen LogP contribution in [-0.4, -0.2) is 46.1 Å². The van der Waals surface area contributed by atoms with Crippen molar-refractivity contribution < 1.29 is 4.74 Å². The van der Waals surface area contributed by atoms with E-state index >= 15 is 0 Å². The number of pyridine rings is 1. The van der Waals surface area contributed by atoms with Gasteiger partial charge in [-0.25, -0.2) is 14.6 Å². The lowest BCUT2D eigenvalue weighted by Gasteiger charge is -2.30. The summed E-state index contributed by atoms with van der Waals surface area (Å²) in [7, 11) is 0. The predicted molar refractivity (Wildman–Crippen MR) is 142 cm³/mol. The molecule has 6 rings (SSSR count). The highest BCUT2D eigenvalue weighted by atomic mass is 16.5. The summed E-state index contributed by atoms with van der Waals surface area (Å²) in [4.78, 5) is 13.8. The standard InChI is InChI=1S/C29H26N6O/c1-3-7-25(8-4-1)34-22-31-29(32-34)23-15-16-30-28(21-23)35(26-9-5-2-6-10-26)27-13-11-24(12-14-27)33-17-19-36-20-18-33/h1-16,21-22H,17-20H2. The largest absolute Gasteiger partial charge is 0.378 e. The molecule has 0 amide bonds. The Kier molecular flexibility index (Phi) is 6.12. The molecule has 3 aromatic carbocycles. The maximum Gasteiger partial charge on any atom is 0.181 e. The maximum atomic E-state index is 5.50. The molecule has 1 aliphatic rings. The lowest BCUT2D eigenvalue weighted by Crippen LogP contribution is -2.36. The smallest absolute Gasteiger partial charge is 0.181 e. The summed E-state index contributed by atoms with van der Waals surface area (Å²) in [5.74, 6) is 1.45. The van der Waals surface area contributed by atoms with Crippen molar-refractivity contribution in [2.75, 3.05) is 36.1 Å². The fraction of sp³-hybridized carbons (Fsp3) is 0.138. The van der Waals surface area contributed by atoms with E-state index in [4.69, 9.17) is 14.8 Å². The number of para-hydroxylation sites is 2. The predicted octanol–water partition coefficient (Wildman–Crippen LogP) is 5.64. The Morgan fingerprint density at radius 2 is 1.39 bits per heavy atom. The molecular weight excluding hydrogens is 448 g/mol. The fourth-order valence-corrected chi connectivity index (χ4v) is 4.40. The topological polar surface area (TPSA) is 59.3 Å². The Morgan fingerprint density at radius 3 is 2.14 bits per heavy atom. The van der Waals surface area contributed by atoms with E-state index in [-0.39, 0.29) is 0 Å². The van der Waals surface area contributed by atoms with Crippen LogP contribution < -0.4 is 9.80 Å². The van der Waals surface area contributed by atoms with Crippen molar-refractivity contribution >= 4 is 22.9 Å². The minimum Gasteiger partial charge on any atom is -0.378 e. The Labute approximate surface area is 210 Å². The molecule has 0 aliphatic carbocycles. The summed E-state index contributed by atoms with van der Waals surface area (Å²) >= 11 is 0. The van der Waals surface area contributed by atoms with Crippen LogP contribution in [0.15, 0.2) is 110 Å². The third kappa shape index (κ3) is 4.56. The molecule has 36 heavy (non-hydrogen) atoms. The highest BCUT2D eigenvalue weighted by Gasteiger charge is 2.17. The first-order chi connectivity index (χ1) is 17.8. The molecule has 1 saturated heterocycles. The second-order valence-electron chi connectivity index (χ2n) is 8.54. The Bertz CT molecular complexity index is 1410. The summed E-state index contributed by atoms with van der Waals surface area (Å²) in [5.41, 5.74) is 5.14. The van der Waals surface area contributed by atoms with Crippen molar-refractivity contribution in [3.8, 4) is 17.1 Å². The van der Waals surface area contributed by atoms with Gasteiger partial charge in [0, 0.05) is 41.9 Å². The highest BCUT2D eigenvalue weighted by Crippen LogP contribution is 2.35. The van der Waals surface area contributed by atoms with Crippen molar-refractivity contribution in [2.45, 2.75) is 0 Å². The molecule has 178 valence electrons. The number of rotatable bonds is 6. The number of benzene rings is 3. The molecular formula is C29H26N6O. The van der Waals surface area contributed by atoms with Crippen LogP contribution in [0.2, 0.25) is 0 Å². The molecule has 0 saturated carbocycles. The zero-order chi connectivity index (χ0) is 24.2. The van der Waals surface area contributed by atoms with E-state index in [9.17, 15) is 0 Å². The van der Waals surface area contributed by atoms with Crippen molar-refractivity contribution in [3.05, 3.63) is 110 Å². The average molecular weight is 475 g/mol. The van der Waals surface area contributed by atoms with E-state index in [2.05, 4.69) is 51.2 Å². The quantitative estimate of drug-likeness (QED) is 0.318. The Hall–Kier alpha value is -4.49. The summed E-state index contributed by atoms with van der Waals surface area (Å²) in [6.07, 6.45) is 3.55. The third-order valence-corrected chi connectivity index (χ3v) is 6.24. The maximum absolute atomic E-state index is 5.50. The van der Waals surface area contributed by atoms with Gasteiger partial charge in [-0.1, -0.05) is 36.4 Å². The van der Waals surface area contributed by atoms with E-state index in [1.54, 1.807) is 11.0 Å². The van der Waals surface area contributed by atoms with E-state index in [1.165, 1.54) is 5.69 Å². The average Bonchev–Trinajstić information content (AvgIpc) is 3.46. The van der Waals surface area contributed by atoms with Gasteiger partial charge in [-0.15, -0.1) is 5.10 Å². The molecule has 7 heteroatoms. The number of hydrogen-bond acceptors (Lipinski definition) is 6. The van der Waals surface area contributed by atoms with Crippen molar-refractivity contribution in [1.82, 2.24) is 19.7 Å². The molecule has 0 spiro atoms. The van der Waals surface area contributed by atoms with E-state index < -0.39 is 0 Å². The van der Waals surface area contributed by atoms with Crippen LogP contribution in [0, 0.1) is 0 Å². The number of nitrogens with zero attached hydrogens (tertiary/aromatic N) is 6. The molecule has 0 N–H and O–H groups in total. The lowest BCUT2D eigenvalue weighted by atomic mass is 10.2. The van der Waals surface area contributed by atoms with Gasteiger partial charge in [-0.2, -0.15) is 0 Å². The summed E-state index contributed by atoms with van der Waals surface area (Å²) < 4.78 is 7.29. The molecule has 0 radical (unpaired) electrons. The van der Waals surface area contributed by atoms with Crippen LogP contribution in [0.3, 0.4) is 0 Å². The van der Waals surface area contributed by atoms with Gasteiger partial charge < -0.3 is 9.64 Å². The first kappa shape index (κ1) is 22.0. The molecule has 7 nitrogen and oxygen atoms in total. The van der Waals surface area contributed by atoms with E-state index in [1.807, 2.05) is 66.9 Å². The normalized spacial score (nSPS) is 13.5. The molecule has 1 aliphatic heterocycles. The number of aromatic nitrogens is 4.